The molecule has 1 N–H and O–H groups in total. The standard InChI is InChI=1S/C12H22N2O2.C2H6.H2/c1-4-5-13-12(16)10-6-14(7-10)8-11(15)9(2)3;1-2;/h9-10H,4-8H2,1-3H3,(H,13,16);1-2H3;1H. The Bertz CT molecular complexity index is 264. The Balaban J connectivity index is 0. The predicted octanol–water partition coefficient (Wildman–Crippen LogP) is 1.94. The van der Waals surface area contributed by atoms with Crippen LogP contribution in [0.5, 0.6) is 0 Å². The van der Waals surface area contributed by atoms with Gasteiger partial charge in [-0.15, -0.1) is 0 Å². The van der Waals surface area contributed by atoms with Crippen molar-refractivity contribution in [2.75, 3.05) is 26.2 Å². The maximum atomic E-state index is 11.5. The van der Waals surface area contributed by atoms with Gasteiger partial charge in [0.25, 0.3) is 0 Å². The molecule has 0 spiro atoms. The van der Waals surface area contributed by atoms with Crippen LogP contribution in [0.1, 0.15) is 42.5 Å². The maximum absolute atomic E-state index is 11.5. The molecule has 1 aliphatic heterocycles. The number of hydrogen-bond donors (Lipinski definition) is 1. The highest BCUT2D eigenvalue weighted by atomic mass is 16.2. The van der Waals surface area contributed by atoms with Gasteiger partial charge in [0.2, 0.25) is 5.91 Å². The fourth-order valence-corrected chi connectivity index (χ4v) is 1.66. The molecule has 0 unspecified atom stereocenters. The number of carbonyl (C=O) groups excluding carboxylic acids is 2. The summed E-state index contributed by atoms with van der Waals surface area (Å²) in [5.41, 5.74) is 0. The summed E-state index contributed by atoms with van der Waals surface area (Å²) in [6.45, 7) is 12.6. The second-order valence-corrected chi connectivity index (χ2v) is 4.80. The highest BCUT2D eigenvalue weighted by Crippen LogP contribution is 2.15. The SMILES string of the molecule is CC.CCCNC(=O)C1CN(CC(=O)C(C)C)C1.[HH]. The van der Waals surface area contributed by atoms with Crippen molar-refractivity contribution in [3.8, 4) is 0 Å². The van der Waals surface area contributed by atoms with Crippen molar-refractivity contribution in [3.05, 3.63) is 0 Å². The number of nitrogens with zero attached hydrogens (tertiary/aromatic N) is 1. The van der Waals surface area contributed by atoms with E-state index in [4.69, 9.17) is 0 Å². The smallest absolute Gasteiger partial charge is 0.225 e. The number of amides is 1. The minimum absolute atomic E-state index is 0. The normalized spacial score (nSPS) is 15.7. The van der Waals surface area contributed by atoms with Gasteiger partial charge in [-0.05, 0) is 6.42 Å². The molecule has 0 saturated carbocycles. The van der Waals surface area contributed by atoms with Crippen LogP contribution >= 0.6 is 0 Å². The lowest BCUT2D eigenvalue weighted by molar-refractivity contribution is -0.133. The largest absolute Gasteiger partial charge is 0.356 e. The summed E-state index contributed by atoms with van der Waals surface area (Å²) in [6.07, 6.45) is 0.966. The number of likely N-dealkylation sites (tertiary alicyclic amines) is 1. The van der Waals surface area contributed by atoms with E-state index in [9.17, 15) is 9.59 Å². The Morgan fingerprint density at radius 3 is 2.33 bits per heavy atom. The van der Waals surface area contributed by atoms with Crippen LogP contribution < -0.4 is 5.32 Å². The summed E-state index contributed by atoms with van der Waals surface area (Å²) in [4.78, 5) is 25.0. The Morgan fingerprint density at radius 2 is 1.89 bits per heavy atom. The van der Waals surface area contributed by atoms with E-state index in [0.717, 1.165) is 26.1 Å². The molecule has 0 atom stereocenters. The van der Waals surface area contributed by atoms with E-state index in [-0.39, 0.29) is 25.0 Å². The first-order valence-corrected chi connectivity index (χ1v) is 7.07. The van der Waals surface area contributed by atoms with Crippen molar-refractivity contribution in [1.29, 1.82) is 0 Å². The highest BCUT2D eigenvalue weighted by Gasteiger charge is 2.33. The summed E-state index contributed by atoms with van der Waals surface area (Å²) in [6, 6.07) is 0. The molecule has 1 fully saturated rings. The molecule has 1 heterocycles. The zero-order valence-electron chi connectivity index (χ0n) is 12.5. The molecule has 1 saturated heterocycles. The second kappa shape index (κ2) is 9.09. The molecular formula is C14H30N2O2. The number of carbonyl (C=O) groups is 2. The minimum atomic E-state index is 0. The molecular weight excluding hydrogens is 228 g/mol. The van der Waals surface area contributed by atoms with Crippen molar-refractivity contribution < 1.29 is 11.0 Å². The van der Waals surface area contributed by atoms with Crippen LogP contribution in [0.2, 0.25) is 0 Å². The third-order valence-electron chi connectivity index (χ3n) is 2.90. The van der Waals surface area contributed by atoms with Gasteiger partial charge in [-0.3, -0.25) is 14.5 Å². The van der Waals surface area contributed by atoms with Crippen molar-refractivity contribution in [1.82, 2.24) is 10.2 Å². The Morgan fingerprint density at radius 1 is 1.33 bits per heavy atom. The lowest BCUT2D eigenvalue weighted by atomic mass is 9.97. The van der Waals surface area contributed by atoms with Crippen LogP contribution in [0.3, 0.4) is 0 Å². The molecule has 18 heavy (non-hydrogen) atoms. The van der Waals surface area contributed by atoms with Crippen LogP contribution in [0, 0.1) is 11.8 Å². The summed E-state index contributed by atoms with van der Waals surface area (Å²) in [5, 5.41) is 2.88. The first-order valence-electron chi connectivity index (χ1n) is 7.07. The molecule has 0 radical (unpaired) electrons. The molecule has 1 amide bonds. The van der Waals surface area contributed by atoms with Gasteiger partial charge in [-0.2, -0.15) is 0 Å². The zero-order valence-corrected chi connectivity index (χ0v) is 12.5. The van der Waals surface area contributed by atoms with Crippen molar-refractivity contribution in [2.45, 2.75) is 41.0 Å². The van der Waals surface area contributed by atoms with Crippen LogP contribution in [0.4, 0.5) is 0 Å². The molecule has 1 rings (SSSR count). The predicted molar refractivity (Wildman–Crippen MR) is 76.5 cm³/mol. The van der Waals surface area contributed by atoms with Crippen LogP contribution in [0.25, 0.3) is 0 Å². The lowest BCUT2D eigenvalue weighted by Gasteiger charge is -2.37. The molecule has 4 nitrogen and oxygen atoms in total. The molecule has 0 aromatic carbocycles. The summed E-state index contributed by atoms with van der Waals surface area (Å²) >= 11 is 0. The molecule has 1 aliphatic rings. The molecule has 108 valence electrons. The van der Waals surface area contributed by atoms with E-state index in [1.165, 1.54) is 0 Å². The van der Waals surface area contributed by atoms with Crippen LogP contribution in [-0.2, 0) is 9.59 Å². The topological polar surface area (TPSA) is 49.4 Å². The van der Waals surface area contributed by atoms with E-state index in [2.05, 4.69) is 5.32 Å². The minimum Gasteiger partial charge on any atom is -0.356 e. The highest BCUT2D eigenvalue weighted by molar-refractivity contribution is 5.83. The number of Topliss-reactive ketones (excluding diaryl/α,β-unsaturated/α-hetero) is 1. The Hall–Kier alpha value is -0.900. The van der Waals surface area contributed by atoms with Gasteiger partial charge >= 0.3 is 0 Å². The number of nitrogens with one attached hydrogen (secondary N) is 1. The van der Waals surface area contributed by atoms with Crippen LogP contribution in [0.15, 0.2) is 0 Å². The first kappa shape index (κ1) is 17.1. The van der Waals surface area contributed by atoms with Gasteiger partial charge < -0.3 is 5.32 Å². The van der Waals surface area contributed by atoms with E-state index in [1.807, 2.05) is 39.5 Å². The molecule has 4 heteroatoms. The van der Waals surface area contributed by atoms with Crippen molar-refractivity contribution in [2.24, 2.45) is 11.8 Å². The summed E-state index contributed by atoms with van der Waals surface area (Å²) in [7, 11) is 0. The fraction of sp³-hybridized carbons (Fsp3) is 0.857. The van der Waals surface area contributed by atoms with E-state index >= 15 is 0 Å². The Labute approximate surface area is 113 Å². The maximum Gasteiger partial charge on any atom is 0.225 e. The molecule has 0 aliphatic carbocycles. The second-order valence-electron chi connectivity index (χ2n) is 4.80. The van der Waals surface area contributed by atoms with Gasteiger partial charge in [0, 0.05) is 27.0 Å². The summed E-state index contributed by atoms with van der Waals surface area (Å²) in [5.74, 6) is 0.571. The average molecular weight is 258 g/mol. The fourth-order valence-electron chi connectivity index (χ4n) is 1.66. The first-order chi connectivity index (χ1) is 8.54. The Kier molecular flexibility index (Phi) is 8.63. The van der Waals surface area contributed by atoms with Crippen molar-refractivity contribution in [3.63, 3.8) is 0 Å². The summed E-state index contributed by atoms with van der Waals surface area (Å²) < 4.78 is 0. The van der Waals surface area contributed by atoms with Gasteiger partial charge in [0.05, 0.1) is 12.5 Å². The molecule has 0 aromatic heterocycles. The van der Waals surface area contributed by atoms with Crippen molar-refractivity contribution >= 4 is 11.7 Å². The number of hydrogen-bond acceptors (Lipinski definition) is 3. The van der Waals surface area contributed by atoms with Gasteiger partial charge in [0.1, 0.15) is 5.78 Å². The van der Waals surface area contributed by atoms with E-state index in [1.54, 1.807) is 0 Å². The third kappa shape index (κ3) is 5.63. The molecule has 0 aromatic rings. The average Bonchev–Trinajstić information content (AvgIpc) is 2.32. The monoisotopic (exact) mass is 258 g/mol. The quantitative estimate of drug-likeness (QED) is 0.792. The van der Waals surface area contributed by atoms with Crippen LogP contribution in [-0.4, -0.2) is 42.8 Å². The third-order valence-corrected chi connectivity index (χ3v) is 2.90. The zero-order chi connectivity index (χ0) is 14.1. The van der Waals surface area contributed by atoms with E-state index in [0.29, 0.717) is 6.54 Å². The van der Waals surface area contributed by atoms with Gasteiger partial charge in [-0.25, -0.2) is 0 Å². The van der Waals surface area contributed by atoms with Gasteiger partial charge in [0.15, 0.2) is 0 Å². The van der Waals surface area contributed by atoms with Gasteiger partial charge in [-0.1, -0.05) is 34.6 Å². The van der Waals surface area contributed by atoms with E-state index < -0.39 is 0 Å². The lowest BCUT2D eigenvalue weighted by Crippen LogP contribution is -2.55. The number of ketones is 1. The number of rotatable bonds is 6. The molecule has 0 bridgehead atoms.